The number of furan rings is 1. The van der Waals surface area contributed by atoms with E-state index in [4.69, 9.17) is 4.42 Å². The van der Waals surface area contributed by atoms with Crippen LogP contribution in [0, 0.1) is 32.1 Å². The SMILES string of the molecule is Cc1ccc(-c2ccc(-c3ccc4c(oc5c(-c6cc(C)cc[n+]6C)c(C)ccc54)c3C#N)cc2)cc1. The van der Waals surface area contributed by atoms with Crippen LogP contribution in [0.2, 0.25) is 0 Å². The van der Waals surface area contributed by atoms with Gasteiger partial charge in [0.15, 0.2) is 11.8 Å². The van der Waals surface area contributed by atoms with Crippen molar-refractivity contribution in [1.82, 2.24) is 0 Å². The van der Waals surface area contributed by atoms with Crippen molar-refractivity contribution in [1.29, 1.82) is 5.26 Å². The van der Waals surface area contributed by atoms with E-state index in [1.165, 1.54) is 16.7 Å². The molecule has 0 aliphatic rings. The van der Waals surface area contributed by atoms with Crippen molar-refractivity contribution in [3.8, 4) is 39.6 Å². The standard InChI is InChI=1S/C34H27N2O/c1-21-5-8-24(9-6-21)25-10-12-26(13-11-25)27-15-16-28-29-14-7-23(3)32(31-19-22(2)17-18-36(31)4)34(29)37-33(28)30(27)20-35/h5-19H,1-4H3/q+1. The molecule has 0 bridgehead atoms. The van der Waals surface area contributed by atoms with Crippen LogP contribution in [0.15, 0.2) is 95.5 Å². The molecule has 37 heavy (non-hydrogen) atoms. The maximum absolute atomic E-state index is 10.3. The fraction of sp³-hybridized carbons (Fsp3) is 0.118. The van der Waals surface area contributed by atoms with Crippen LogP contribution in [0.1, 0.15) is 22.3 Å². The predicted octanol–water partition coefficient (Wildman–Crippen LogP) is 8.21. The van der Waals surface area contributed by atoms with E-state index in [1.54, 1.807) is 0 Å². The van der Waals surface area contributed by atoms with E-state index in [1.807, 2.05) is 6.07 Å². The van der Waals surface area contributed by atoms with Crippen molar-refractivity contribution in [2.24, 2.45) is 7.05 Å². The molecule has 6 rings (SSSR count). The van der Waals surface area contributed by atoms with Crippen LogP contribution in [0.5, 0.6) is 0 Å². The topological polar surface area (TPSA) is 40.8 Å². The molecule has 6 aromatic rings. The molecule has 0 N–H and O–H groups in total. The van der Waals surface area contributed by atoms with Crippen molar-refractivity contribution < 1.29 is 8.98 Å². The number of nitrogens with zero attached hydrogens (tertiary/aromatic N) is 2. The second kappa shape index (κ2) is 8.76. The summed E-state index contributed by atoms with van der Waals surface area (Å²) < 4.78 is 8.69. The van der Waals surface area contributed by atoms with E-state index >= 15 is 0 Å². The Morgan fingerprint density at radius 1 is 0.676 bits per heavy atom. The third-order valence-corrected chi connectivity index (χ3v) is 7.27. The van der Waals surface area contributed by atoms with Gasteiger partial charge in [-0.3, -0.25) is 0 Å². The lowest BCUT2D eigenvalue weighted by molar-refractivity contribution is -0.660. The molecule has 0 fully saturated rings. The first-order valence-electron chi connectivity index (χ1n) is 12.5. The molecule has 3 heteroatoms. The molecule has 0 aliphatic carbocycles. The lowest BCUT2D eigenvalue weighted by Gasteiger charge is -2.07. The Morgan fingerprint density at radius 2 is 1.30 bits per heavy atom. The highest BCUT2D eigenvalue weighted by Crippen LogP contribution is 2.40. The van der Waals surface area contributed by atoms with Crippen LogP contribution < -0.4 is 4.57 Å². The summed E-state index contributed by atoms with van der Waals surface area (Å²) in [6.07, 6.45) is 2.07. The number of hydrogen-bond donors (Lipinski definition) is 0. The van der Waals surface area contributed by atoms with Crippen LogP contribution in [-0.2, 0) is 7.05 Å². The van der Waals surface area contributed by atoms with Crippen LogP contribution in [0.4, 0.5) is 0 Å². The number of benzene rings is 4. The van der Waals surface area contributed by atoms with E-state index in [0.29, 0.717) is 11.1 Å². The molecule has 0 atom stereocenters. The molecule has 0 aliphatic heterocycles. The van der Waals surface area contributed by atoms with E-state index in [9.17, 15) is 5.26 Å². The molecule has 0 saturated carbocycles. The van der Waals surface area contributed by atoms with Gasteiger partial charge in [-0.1, -0.05) is 72.3 Å². The predicted molar refractivity (Wildman–Crippen MR) is 150 cm³/mol. The summed E-state index contributed by atoms with van der Waals surface area (Å²) in [6, 6.07) is 32.0. The quantitative estimate of drug-likeness (QED) is 0.240. The van der Waals surface area contributed by atoms with Crippen molar-refractivity contribution in [3.05, 3.63) is 113 Å². The molecule has 2 heterocycles. The lowest BCUT2D eigenvalue weighted by Crippen LogP contribution is -2.30. The number of rotatable bonds is 3. The zero-order valence-corrected chi connectivity index (χ0v) is 21.5. The second-order valence-corrected chi connectivity index (χ2v) is 9.86. The van der Waals surface area contributed by atoms with Crippen LogP contribution in [-0.4, -0.2) is 0 Å². The monoisotopic (exact) mass is 479 g/mol. The van der Waals surface area contributed by atoms with Crippen molar-refractivity contribution in [2.75, 3.05) is 0 Å². The third-order valence-electron chi connectivity index (χ3n) is 7.27. The molecule has 3 nitrogen and oxygen atoms in total. The molecular formula is C34H27N2O+. The molecular weight excluding hydrogens is 452 g/mol. The minimum absolute atomic E-state index is 0.564. The fourth-order valence-corrected chi connectivity index (χ4v) is 5.18. The van der Waals surface area contributed by atoms with Gasteiger partial charge in [0.05, 0.1) is 5.56 Å². The third kappa shape index (κ3) is 3.79. The zero-order valence-electron chi connectivity index (χ0n) is 21.5. The van der Waals surface area contributed by atoms with E-state index in [-0.39, 0.29) is 0 Å². The molecule has 0 saturated heterocycles. The first-order chi connectivity index (χ1) is 17.9. The summed E-state index contributed by atoms with van der Waals surface area (Å²) in [7, 11) is 2.05. The smallest absolute Gasteiger partial charge is 0.216 e. The van der Waals surface area contributed by atoms with Gasteiger partial charge >= 0.3 is 0 Å². The van der Waals surface area contributed by atoms with E-state index in [0.717, 1.165) is 49.9 Å². The van der Waals surface area contributed by atoms with Gasteiger partial charge in [0.2, 0.25) is 5.69 Å². The van der Waals surface area contributed by atoms with Crippen LogP contribution in [0.3, 0.4) is 0 Å². The summed E-state index contributed by atoms with van der Waals surface area (Å²) in [5.74, 6) is 0. The Hall–Kier alpha value is -4.68. The number of hydrogen-bond acceptors (Lipinski definition) is 2. The number of pyridine rings is 1. The van der Waals surface area contributed by atoms with Crippen molar-refractivity contribution in [2.45, 2.75) is 20.8 Å². The van der Waals surface area contributed by atoms with Crippen LogP contribution >= 0.6 is 0 Å². The lowest BCUT2D eigenvalue weighted by atomic mass is 9.95. The van der Waals surface area contributed by atoms with Gasteiger partial charge in [0.25, 0.3) is 0 Å². The molecule has 4 aromatic carbocycles. The number of aryl methyl sites for hydroxylation is 4. The highest BCUT2D eigenvalue weighted by atomic mass is 16.3. The summed E-state index contributed by atoms with van der Waals surface area (Å²) >= 11 is 0. The highest BCUT2D eigenvalue weighted by molar-refractivity contribution is 6.12. The van der Waals surface area contributed by atoms with Gasteiger partial charge < -0.3 is 4.42 Å². The summed E-state index contributed by atoms with van der Waals surface area (Å²) in [5, 5.41) is 12.3. The van der Waals surface area contributed by atoms with E-state index < -0.39 is 0 Å². The molecule has 0 spiro atoms. The van der Waals surface area contributed by atoms with Crippen molar-refractivity contribution >= 4 is 21.9 Å². The molecule has 0 radical (unpaired) electrons. The summed E-state index contributed by atoms with van der Waals surface area (Å²) in [4.78, 5) is 0. The van der Waals surface area contributed by atoms with Gasteiger partial charge in [-0.25, -0.2) is 4.57 Å². The minimum Gasteiger partial charge on any atom is -0.454 e. The van der Waals surface area contributed by atoms with Gasteiger partial charge in [-0.2, -0.15) is 5.26 Å². The normalized spacial score (nSPS) is 11.2. The maximum Gasteiger partial charge on any atom is 0.216 e. The fourth-order valence-electron chi connectivity index (χ4n) is 5.18. The van der Waals surface area contributed by atoms with Gasteiger partial charge in [0, 0.05) is 28.5 Å². The Morgan fingerprint density at radius 3 is 2.00 bits per heavy atom. The second-order valence-electron chi connectivity index (χ2n) is 9.86. The van der Waals surface area contributed by atoms with Crippen molar-refractivity contribution in [3.63, 3.8) is 0 Å². The molecule has 178 valence electrons. The number of fused-ring (bicyclic) bond motifs is 3. The summed E-state index contributed by atoms with van der Waals surface area (Å²) in [6.45, 7) is 6.30. The van der Waals surface area contributed by atoms with Gasteiger partial charge in [-0.15, -0.1) is 0 Å². The number of aromatic nitrogens is 1. The molecule has 0 unspecified atom stereocenters. The van der Waals surface area contributed by atoms with E-state index in [2.05, 4.69) is 124 Å². The maximum atomic E-state index is 10.3. The van der Waals surface area contributed by atoms with Gasteiger partial charge in [0.1, 0.15) is 24.3 Å². The molecule has 0 amide bonds. The van der Waals surface area contributed by atoms with Crippen LogP contribution in [0.25, 0.3) is 55.4 Å². The molecule has 2 aromatic heterocycles. The Bertz CT molecular complexity index is 1850. The zero-order chi connectivity index (χ0) is 25.7. The van der Waals surface area contributed by atoms with Gasteiger partial charge in [-0.05, 0) is 54.7 Å². The largest absolute Gasteiger partial charge is 0.454 e. The first-order valence-corrected chi connectivity index (χ1v) is 12.5. The summed E-state index contributed by atoms with van der Waals surface area (Å²) in [5.41, 5.74) is 11.9. The first kappa shape index (κ1) is 22.8. The minimum atomic E-state index is 0.564. The highest BCUT2D eigenvalue weighted by Gasteiger charge is 2.23. The average molecular weight is 480 g/mol. The average Bonchev–Trinajstić information content (AvgIpc) is 3.29. The Balaban J connectivity index is 1.53. The Labute approximate surface area is 216 Å². The Kier molecular flexibility index (Phi) is 5.39. The number of nitriles is 1.